The number of rotatable bonds is 4. The summed E-state index contributed by atoms with van der Waals surface area (Å²) in [7, 11) is 4.38. The van der Waals surface area contributed by atoms with Crippen LogP contribution in [0.15, 0.2) is 24.3 Å². The fraction of sp³-hybridized carbons (Fsp3) is 0.600. The summed E-state index contributed by atoms with van der Waals surface area (Å²) in [4.78, 5) is 4.78. The Morgan fingerprint density at radius 1 is 1.44 bits per heavy atom. The van der Waals surface area contributed by atoms with Crippen LogP contribution in [-0.4, -0.2) is 38.6 Å². The number of likely N-dealkylation sites (tertiary alicyclic amines) is 1. The van der Waals surface area contributed by atoms with Crippen molar-refractivity contribution in [1.82, 2.24) is 4.90 Å². The third-order valence-electron chi connectivity index (χ3n) is 3.86. The molecule has 1 heterocycles. The third kappa shape index (κ3) is 3.03. The fourth-order valence-corrected chi connectivity index (χ4v) is 2.88. The molecule has 2 rings (SSSR count). The molecule has 2 unspecified atom stereocenters. The van der Waals surface area contributed by atoms with Crippen LogP contribution in [0.25, 0.3) is 0 Å². The first-order chi connectivity index (χ1) is 8.58. The monoisotopic (exact) mass is 247 g/mol. The van der Waals surface area contributed by atoms with E-state index < -0.39 is 0 Å². The molecule has 2 N–H and O–H groups in total. The molecule has 1 aromatic carbocycles. The first kappa shape index (κ1) is 13.4. The molecule has 0 bridgehead atoms. The molecular formula is C15H25N3. The van der Waals surface area contributed by atoms with Gasteiger partial charge in [0, 0.05) is 31.9 Å². The van der Waals surface area contributed by atoms with E-state index >= 15 is 0 Å². The Morgan fingerprint density at radius 2 is 2.17 bits per heavy atom. The van der Waals surface area contributed by atoms with Gasteiger partial charge < -0.3 is 15.5 Å². The number of nitrogens with zero attached hydrogens (tertiary/aromatic N) is 2. The first-order valence-electron chi connectivity index (χ1n) is 6.82. The Labute approximate surface area is 111 Å². The molecule has 2 atom stereocenters. The van der Waals surface area contributed by atoms with Crippen LogP contribution in [0.4, 0.5) is 5.69 Å². The maximum Gasteiger partial charge on any atom is 0.0412 e. The lowest BCUT2D eigenvalue weighted by Crippen LogP contribution is -2.28. The van der Waals surface area contributed by atoms with E-state index in [-0.39, 0.29) is 6.04 Å². The second kappa shape index (κ2) is 5.72. The van der Waals surface area contributed by atoms with Crippen molar-refractivity contribution >= 4 is 5.69 Å². The van der Waals surface area contributed by atoms with Crippen LogP contribution in [0.1, 0.15) is 24.9 Å². The van der Waals surface area contributed by atoms with E-state index in [2.05, 4.69) is 55.1 Å². The Kier molecular flexibility index (Phi) is 4.25. The maximum absolute atomic E-state index is 6.05. The topological polar surface area (TPSA) is 32.5 Å². The summed E-state index contributed by atoms with van der Waals surface area (Å²) in [6.07, 6.45) is 1.31. The molecule has 1 saturated heterocycles. The summed E-state index contributed by atoms with van der Waals surface area (Å²) in [6, 6.07) is 8.57. The number of anilines is 1. The lowest BCUT2D eigenvalue weighted by Gasteiger charge is -2.26. The molecule has 0 spiro atoms. The van der Waals surface area contributed by atoms with Gasteiger partial charge >= 0.3 is 0 Å². The minimum atomic E-state index is 0.0925. The molecular weight excluding hydrogens is 222 g/mol. The summed E-state index contributed by atoms with van der Waals surface area (Å²) in [6.45, 7) is 5.61. The molecule has 0 radical (unpaired) electrons. The number of nitrogens with two attached hydrogens (primary N) is 1. The largest absolute Gasteiger partial charge is 0.374 e. The van der Waals surface area contributed by atoms with Crippen LogP contribution >= 0.6 is 0 Å². The van der Waals surface area contributed by atoms with Crippen LogP contribution in [0.3, 0.4) is 0 Å². The van der Waals surface area contributed by atoms with Gasteiger partial charge in [-0.25, -0.2) is 0 Å². The highest BCUT2D eigenvalue weighted by molar-refractivity contribution is 5.54. The molecule has 0 saturated carbocycles. The lowest BCUT2D eigenvalue weighted by molar-refractivity contribution is 0.396. The van der Waals surface area contributed by atoms with Crippen LogP contribution in [-0.2, 0) is 0 Å². The minimum absolute atomic E-state index is 0.0925. The van der Waals surface area contributed by atoms with Gasteiger partial charge in [0.2, 0.25) is 0 Å². The van der Waals surface area contributed by atoms with Crippen molar-refractivity contribution in [2.75, 3.05) is 38.6 Å². The van der Waals surface area contributed by atoms with Crippen molar-refractivity contribution in [2.24, 2.45) is 11.7 Å². The molecule has 3 heteroatoms. The number of hydrogen-bond acceptors (Lipinski definition) is 3. The van der Waals surface area contributed by atoms with Gasteiger partial charge in [-0.2, -0.15) is 0 Å². The van der Waals surface area contributed by atoms with Crippen molar-refractivity contribution in [3.8, 4) is 0 Å². The zero-order valence-corrected chi connectivity index (χ0v) is 11.8. The van der Waals surface area contributed by atoms with Gasteiger partial charge in [0.05, 0.1) is 0 Å². The molecule has 3 nitrogen and oxygen atoms in total. The molecule has 1 aromatic rings. The van der Waals surface area contributed by atoms with Gasteiger partial charge in [-0.3, -0.25) is 0 Å². The molecule has 1 fully saturated rings. The number of hydrogen-bond donors (Lipinski definition) is 1. The van der Waals surface area contributed by atoms with Gasteiger partial charge in [-0.05, 0) is 44.5 Å². The standard InChI is InChI=1S/C15H25N3/c1-12(16)14-6-4-5-7-15(14)18(3)11-13-8-9-17(2)10-13/h4-7,12-13H,8-11,16H2,1-3H3. The zero-order chi connectivity index (χ0) is 13.1. The highest BCUT2D eigenvalue weighted by Crippen LogP contribution is 2.26. The predicted molar refractivity (Wildman–Crippen MR) is 77.9 cm³/mol. The van der Waals surface area contributed by atoms with Crippen LogP contribution in [0.5, 0.6) is 0 Å². The highest BCUT2D eigenvalue weighted by atomic mass is 15.2. The molecule has 0 aromatic heterocycles. The fourth-order valence-electron chi connectivity index (χ4n) is 2.88. The normalized spacial score (nSPS) is 22.1. The maximum atomic E-state index is 6.05. The molecule has 100 valence electrons. The minimum Gasteiger partial charge on any atom is -0.374 e. The first-order valence-corrected chi connectivity index (χ1v) is 6.82. The van der Waals surface area contributed by atoms with Gasteiger partial charge in [-0.15, -0.1) is 0 Å². The number of para-hydroxylation sites is 1. The van der Waals surface area contributed by atoms with Crippen LogP contribution in [0, 0.1) is 5.92 Å². The van der Waals surface area contributed by atoms with Crippen molar-refractivity contribution in [1.29, 1.82) is 0 Å². The van der Waals surface area contributed by atoms with Gasteiger partial charge in [0.1, 0.15) is 0 Å². The molecule has 18 heavy (non-hydrogen) atoms. The number of benzene rings is 1. The van der Waals surface area contributed by atoms with Gasteiger partial charge in [0.25, 0.3) is 0 Å². The quantitative estimate of drug-likeness (QED) is 0.884. The van der Waals surface area contributed by atoms with E-state index in [1.165, 1.54) is 30.8 Å². The van der Waals surface area contributed by atoms with Crippen molar-refractivity contribution in [3.05, 3.63) is 29.8 Å². The Hall–Kier alpha value is -1.06. The second-order valence-electron chi connectivity index (χ2n) is 5.64. The molecule has 0 aliphatic carbocycles. The van der Waals surface area contributed by atoms with Crippen molar-refractivity contribution in [2.45, 2.75) is 19.4 Å². The SMILES string of the molecule is CC(N)c1ccccc1N(C)CC1CCN(C)C1. The van der Waals surface area contributed by atoms with E-state index in [4.69, 9.17) is 5.73 Å². The van der Waals surface area contributed by atoms with Crippen LogP contribution < -0.4 is 10.6 Å². The molecule has 1 aliphatic heterocycles. The second-order valence-corrected chi connectivity index (χ2v) is 5.64. The smallest absolute Gasteiger partial charge is 0.0412 e. The van der Waals surface area contributed by atoms with Crippen molar-refractivity contribution < 1.29 is 0 Å². The lowest BCUT2D eigenvalue weighted by atomic mass is 10.0. The highest BCUT2D eigenvalue weighted by Gasteiger charge is 2.21. The van der Waals surface area contributed by atoms with Crippen molar-refractivity contribution in [3.63, 3.8) is 0 Å². The third-order valence-corrected chi connectivity index (χ3v) is 3.86. The summed E-state index contributed by atoms with van der Waals surface area (Å²) < 4.78 is 0. The molecule has 1 aliphatic rings. The summed E-state index contributed by atoms with van der Waals surface area (Å²) in [5.74, 6) is 0.779. The van der Waals surface area contributed by atoms with Gasteiger partial charge in [0.15, 0.2) is 0 Å². The average molecular weight is 247 g/mol. The van der Waals surface area contributed by atoms with E-state index in [0.717, 1.165) is 12.5 Å². The van der Waals surface area contributed by atoms with Crippen LogP contribution in [0.2, 0.25) is 0 Å². The Balaban J connectivity index is 2.06. The zero-order valence-electron chi connectivity index (χ0n) is 11.8. The van der Waals surface area contributed by atoms with E-state index in [1.807, 2.05) is 0 Å². The predicted octanol–water partition coefficient (Wildman–Crippen LogP) is 2.09. The Bertz CT molecular complexity index is 389. The summed E-state index contributed by atoms with van der Waals surface area (Å²) in [5.41, 5.74) is 8.57. The van der Waals surface area contributed by atoms with Gasteiger partial charge in [-0.1, -0.05) is 18.2 Å². The summed E-state index contributed by atoms with van der Waals surface area (Å²) in [5, 5.41) is 0. The van der Waals surface area contributed by atoms with E-state index in [1.54, 1.807) is 0 Å². The van der Waals surface area contributed by atoms with E-state index in [0.29, 0.717) is 0 Å². The Morgan fingerprint density at radius 3 is 2.78 bits per heavy atom. The van der Waals surface area contributed by atoms with E-state index in [9.17, 15) is 0 Å². The summed E-state index contributed by atoms with van der Waals surface area (Å²) >= 11 is 0. The molecule has 0 amide bonds. The average Bonchev–Trinajstić information content (AvgIpc) is 2.74.